The average Bonchev–Trinajstić information content (AvgIpc) is 3.16. The molecule has 0 heterocycles. The summed E-state index contributed by atoms with van der Waals surface area (Å²) in [7, 11) is 5.40. The molecular formula is C21H33IN4O2. The molecule has 1 aliphatic rings. The summed E-state index contributed by atoms with van der Waals surface area (Å²) in [5.74, 6) is 1.72. The lowest BCUT2D eigenvalue weighted by atomic mass is 9.84. The van der Waals surface area contributed by atoms with Crippen LogP contribution in [0, 0.1) is 5.41 Å². The third-order valence-electron chi connectivity index (χ3n) is 5.01. The summed E-state index contributed by atoms with van der Waals surface area (Å²) >= 11 is 0. The number of hydrogen-bond acceptors (Lipinski definition) is 3. The van der Waals surface area contributed by atoms with E-state index in [0.717, 1.165) is 37.0 Å². The number of rotatable bonds is 8. The number of nitrogens with one attached hydrogen (secondary N) is 2. The molecule has 0 atom stereocenters. The van der Waals surface area contributed by atoms with Gasteiger partial charge in [0.05, 0.1) is 5.41 Å². The predicted octanol–water partition coefficient (Wildman–Crippen LogP) is 3.18. The molecular weight excluding hydrogens is 467 g/mol. The smallest absolute Gasteiger partial charge is 0.230 e. The van der Waals surface area contributed by atoms with Gasteiger partial charge < -0.3 is 20.3 Å². The van der Waals surface area contributed by atoms with Gasteiger partial charge >= 0.3 is 0 Å². The zero-order valence-electron chi connectivity index (χ0n) is 17.2. The monoisotopic (exact) mass is 500 g/mol. The first-order valence-electron chi connectivity index (χ1n) is 9.50. The first-order valence-corrected chi connectivity index (χ1v) is 9.50. The number of aliphatic imine (C=N–C) groups is 1. The van der Waals surface area contributed by atoms with Crippen LogP contribution in [0.15, 0.2) is 41.9 Å². The van der Waals surface area contributed by atoms with Gasteiger partial charge in [-0.15, -0.1) is 24.0 Å². The van der Waals surface area contributed by atoms with Gasteiger partial charge in [-0.25, -0.2) is 0 Å². The molecule has 0 unspecified atom stereocenters. The van der Waals surface area contributed by atoms with Gasteiger partial charge in [-0.3, -0.25) is 9.79 Å². The quantitative estimate of drug-likeness (QED) is 0.249. The lowest BCUT2D eigenvalue weighted by Gasteiger charge is -2.31. The number of halogens is 1. The summed E-state index contributed by atoms with van der Waals surface area (Å²) in [5, 5.41) is 6.68. The second-order valence-corrected chi connectivity index (χ2v) is 7.17. The van der Waals surface area contributed by atoms with E-state index in [0.29, 0.717) is 25.7 Å². The standard InChI is InChI=1S/C21H32N4O2.HI/c1-5-14-27-18-11-7-6-10-17(18)15-23-20(22-2)24-16-21(12-8-9-13-21)19(26)25(3)4;/h5-7,10-11H,1,8-9,12-16H2,2-4H3,(H2,22,23,24);1H. The van der Waals surface area contributed by atoms with Crippen molar-refractivity contribution in [3.63, 3.8) is 0 Å². The van der Waals surface area contributed by atoms with Crippen LogP contribution in [0.25, 0.3) is 0 Å². The molecule has 0 saturated heterocycles. The van der Waals surface area contributed by atoms with Crippen LogP contribution in [0.5, 0.6) is 5.75 Å². The van der Waals surface area contributed by atoms with Crippen molar-refractivity contribution in [2.75, 3.05) is 34.3 Å². The number of guanidine groups is 1. The Labute approximate surface area is 185 Å². The van der Waals surface area contributed by atoms with Gasteiger partial charge in [-0.1, -0.05) is 43.7 Å². The van der Waals surface area contributed by atoms with E-state index in [9.17, 15) is 4.79 Å². The number of para-hydroxylation sites is 1. The van der Waals surface area contributed by atoms with E-state index >= 15 is 0 Å². The second-order valence-electron chi connectivity index (χ2n) is 7.17. The zero-order chi connectivity index (χ0) is 19.7. The van der Waals surface area contributed by atoms with E-state index in [4.69, 9.17) is 4.74 Å². The van der Waals surface area contributed by atoms with E-state index in [-0.39, 0.29) is 35.3 Å². The molecule has 2 rings (SSSR count). The summed E-state index contributed by atoms with van der Waals surface area (Å²) in [6.07, 6.45) is 5.77. The SMILES string of the molecule is C=CCOc1ccccc1CNC(=NC)NCC1(C(=O)N(C)C)CCCC1.I. The molecule has 0 spiro atoms. The number of amides is 1. The largest absolute Gasteiger partial charge is 0.489 e. The third kappa shape index (κ3) is 6.39. The van der Waals surface area contributed by atoms with Gasteiger partial charge in [-0.2, -0.15) is 0 Å². The molecule has 156 valence electrons. The Kier molecular flexibility index (Phi) is 10.3. The first-order chi connectivity index (χ1) is 13.0. The molecule has 1 aromatic carbocycles. The van der Waals surface area contributed by atoms with Crippen LogP contribution >= 0.6 is 24.0 Å². The Hall–Kier alpha value is -1.77. The minimum absolute atomic E-state index is 0. The Morgan fingerprint density at radius 1 is 1.29 bits per heavy atom. The maximum Gasteiger partial charge on any atom is 0.230 e. The number of nitrogens with zero attached hydrogens (tertiary/aromatic N) is 2. The number of carbonyl (C=O) groups excluding carboxylic acids is 1. The molecule has 7 heteroatoms. The van der Waals surface area contributed by atoms with Crippen LogP contribution in [0.2, 0.25) is 0 Å². The summed E-state index contributed by atoms with van der Waals surface area (Å²) in [5.41, 5.74) is 0.716. The van der Waals surface area contributed by atoms with Gasteiger partial charge in [-0.05, 0) is 18.9 Å². The van der Waals surface area contributed by atoms with Gasteiger partial charge in [0.15, 0.2) is 5.96 Å². The minimum Gasteiger partial charge on any atom is -0.489 e. The Balaban J connectivity index is 0.00000392. The van der Waals surface area contributed by atoms with Crippen LogP contribution in [-0.2, 0) is 11.3 Å². The lowest BCUT2D eigenvalue weighted by molar-refractivity contribution is -0.138. The number of carbonyl (C=O) groups is 1. The van der Waals surface area contributed by atoms with E-state index in [1.54, 1.807) is 18.0 Å². The summed E-state index contributed by atoms with van der Waals surface area (Å²) in [6.45, 7) is 5.34. The highest BCUT2D eigenvalue weighted by atomic mass is 127. The Bertz CT molecular complexity index is 670. The number of ether oxygens (including phenoxy) is 1. The fraction of sp³-hybridized carbons (Fsp3) is 0.524. The highest BCUT2D eigenvalue weighted by molar-refractivity contribution is 14.0. The summed E-state index contributed by atoms with van der Waals surface area (Å²) < 4.78 is 5.70. The summed E-state index contributed by atoms with van der Waals surface area (Å²) in [4.78, 5) is 18.7. The third-order valence-corrected chi connectivity index (χ3v) is 5.01. The first kappa shape index (κ1) is 24.3. The molecule has 1 saturated carbocycles. The normalized spacial score (nSPS) is 15.3. The van der Waals surface area contributed by atoms with Crippen molar-refractivity contribution in [2.24, 2.45) is 10.4 Å². The lowest BCUT2D eigenvalue weighted by Crippen LogP contribution is -2.49. The molecule has 0 aromatic heterocycles. The Morgan fingerprint density at radius 2 is 1.96 bits per heavy atom. The molecule has 0 aliphatic heterocycles. The van der Waals surface area contributed by atoms with Crippen molar-refractivity contribution in [3.05, 3.63) is 42.5 Å². The van der Waals surface area contributed by atoms with E-state index in [2.05, 4.69) is 22.2 Å². The molecule has 6 nitrogen and oxygen atoms in total. The van der Waals surface area contributed by atoms with Gasteiger partial charge in [0.1, 0.15) is 12.4 Å². The predicted molar refractivity (Wildman–Crippen MR) is 125 cm³/mol. The maximum atomic E-state index is 12.7. The zero-order valence-corrected chi connectivity index (χ0v) is 19.5. The van der Waals surface area contributed by atoms with Crippen molar-refractivity contribution in [1.29, 1.82) is 0 Å². The van der Waals surface area contributed by atoms with Crippen LogP contribution in [0.4, 0.5) is 0 Å². The van der Waals surface area contributed by atoms with Gasteiger partial charge in [0.2, 0.25) is 5.91 Å². The number of benzene rings is 1. The molecule has 1 amide bonds. The van der Waals surface area contributed by atoms with Crippen LogP contribution < -0.4 is 15.4 Å². The van der Waals surface area contributed by atoms with Crippen molar-refractivity contribution in [1.82, 2.24) is 15.5 Å². The molecule has 28 heavy (non-hydrogen) atoms. The van der Waals surface area contributed by atoms with E-state index in [1.165, 1.54) is 0 Å². The van der Waals surface area contributed by atoms with Crippen LogP contribution in [-0.4, -0.2) is 51.1 Å². The summed E-state index contributed by atoms with van der Waals surface area (Å²) in [6, 6.07) is 7.90. The fourth-order valence-electron chi connectivity index (χ4n) is 3.58. The molecule has 2 N–H and O–H groups in total. The molecule has 1 fully saturated rings. The van der Waals surface area contributed by atoms with Gasteiger partial charge in [0.25, 0.3) is 0 Å². The second kappa shape index (κ2) is 11.9. The molecule has 0 bridgehead atoms. The van der Waals surface area contributed by atoms with E-state index < -0.39 is 0 Å². The van der Waals surface area contributed by atoms with Crippen molar-refractivity contribution in [2.45, 2.75) is 32.2 Å². The molecule has 1 aromatic rings. The topological polar surface area (TPSA) is 66.0 Å². The molecule has 0 radical (unpaired) electrons. The average molecular weight is 500 g/mol. The fourth-order valence-corrected chi connectivity index (χ4v) is 3.58. The van der Waals surface area contributed by atoms with Crippen molar-refractivity contribution < 1.29 is 9.53 Å². The Morgan fingerprint density at radius 3 is 2.57 bits per heavy atom. The van der Waals surface area contributed by atoms with Gasteiger partial charge in [0, 0.05) is 39.8 Å². The number of hydrogen-bond donors (Lipinski definition) is 2. The highest BCUT2D eigenvalue weighted by Gasteiger charge is 2.42. The van der Waals surface area contributed by atoms with E-state index in [1.807, 2.05) is 38.4 Å². The highest BCUT2D eigenvalue weighted by Crippen LogP contribution is 2.38. The van der Waals surface area contributed by atoms with Crippen LogP contribution in [0.3, 0.4) is 0 Å². The maximum absolute atomic E-state index is 12.7. The van der Waals surface area contributed by atoms with Crippen molar-refractivity contribution >= 4 is 35.8 Å². The minimum atomic E-state index is -0.327. The van der Waals surface area contributed by atoms with Crippen LogP contribution in [0.1, 0.15) is 31.2 Å². The molecule has 1 aliphatic carbocycles. The van der Waals surface area contributed by atoms with Crippen molar-refractivity contribution in [3.8, 4) is 5.75 Å².